The van der Waals surface area contributed by atoms with Crippen LogP contribution in [0.15, 0.2) is 0 Å². The van der Waals surface area contributed by atoms with Gasteiger partial charge in [0.2, 0.25) is 0 Å². The molecule has 0 aromatic rings. The van der Waals surface area contributed by atoms with Crippen molar-refractivity contribution in [3.63, 3.8) is 0 Å². The Kier molecular flexibility index (Phi) is 6.98. The van der Waals surface area contributed by atoms with E-state index in [1.54, 1.807) is 7.11 Å². The summed E-state index contributed by atoms with van der Waals surface area (Å²) in [4.78, 5) is 0. The molecule has 1 aliphatic carbocycles. The quantitative estimate of drug-likeness (QED) is 0.597. The molecule has 1 aliphatic rings. The van der Waals surface area contributed by atoms with Gasteiger partial charge in [-0.1, -0.05) is 19.8 Å². The van der Waals surface area contributed by atoms with Gasteiger partial charge in [-0.15, -0.1) is 0 Å². The zero-order valence-corrected chi connectivity index (χ0v) is 10.2. The maximum Gasteiger partial charge on any atom is 0.0587 e. The lowest BCUT2D eigenvalue weighted by molar-refractivity contribution is 0.199. The molecule has 0 spiro atoms. The number of hydrogen-bond donors (Lipinski definition) is 2. The van der Waals surface area contributed by atoms with Crippen molar-refractivity contribution in [2.24, 2.45) is 11.8 Å². The molecule has 1 saturated carbocycles. The number of ether oxygens (including phenoxy) is 1. The summed E-state index contributed by atoms with van der Waals surface area (Å²) in [6, 6.07) is 0. The fraction of sp³-hybridized carbons (Fsp3) is 1.00. The SMILES string of the molecule is COCCNCCNCC1CCCC1C. The highest BCUT2D eigenvalue weighted by molar-refractivity contribution is 4.75. The summed E-state index contributed by atoms with van der Waals surface area (Å²) in [7, 11) is 1.74. The first-order valence-electron chi connectivity index (χ1n) is 6.25. The standard InChI is InChI=1S/C12H26N2O/c1-11-4-3-5-12(11)10-14-7-6-13-8-9-15-2/h11-14H,3-10H2,1-2H3. The number of nitrogens with one attached hydrogen (secondary N) is 2. The second-order valence-corrected chi connectivity index (χ2v) is 4.62. The summed E-state index contributed by atoms with van der Waals surface area (Å²) in [6.07, 6.45) is 4.28. The van der Waals surface area contributed by atoms with Crippen LogP contribution in [0.4, 0.5) is 0 Å². The minimum absolute atomic E-state index is 0.805. The zero-order valence-electron chi connectivity index (χ0n) is 10.2. The number of methoxy groups -OCH3 is 1. The summed E-state index contributed by atoms with van der Waals surface area (Å²) in [5.74, 6) is 1.85. The molecule has 0 saturated heterocycles. The van der Waals surface area contributed by atoms with E-state index in [1.165, 1.54) is 25.8 Å². The van der Waals surface area contributed by atoms with E-state index in [-0.39, 0.29) is 0 Å². The molecule has 0 amide bonds. The van der Waals surface area contributed by atoms with Crippen molar-refractivity contribution < 1.29 is 4.74 Å². The van der Waals surface area contributed by atoms with E-state index in [2.05, 4.69) is 17.6 Å². The van der Waals surface area contributed by atoms with Crippen LogP contribution >= 0.6 is 0 Å². The number of hydrogen-bond acceptors (Lipinski definition) is 3. The van der Waals surface area contributed by atoms with Gasteiger partial charge in [0.05, 0.1) is 6.61 Å². The van der Waals surface area contributed by atoms with Gasteiger partial charge in [0.25, 0.3) is 0 Å². The summed E-state index contributed by atoms with van der Waals surface area (Å²) >= 11 is 0. The molecule has 15 heavy (non-hydrogen) atoms. The molecule has 0 aromatic heterocycles. The maximum absolute atomic E-state index is 4.96. The van der Waals surface area contributed by atoms with E-state index < -0.39 is 0 Å². The van der Waals surface area contributed by atoms with Crippen LogP contribution in [0.5, 0.6) is 0 Å². The lowest BCUT2D eigenvalue weighted by Crippen LogP contribution is -2.32. The van der Waals surface area contributed by atoms with Crippen molar-refractivity contribution in [2.75, 3.05) is 39.9 Å². The van der Waals surface area contributed by atoms with Crippen LogP contribution in [0.1, 0.15) is 26.2 Å². The molecule has 0 radical (unpaired) electrons. The minimum atomic E-state index is 0.805. The molecule has 0 aromatic carbocycles. The highest BCUT2D eigenvalue weighted by atomic mass is 16.5. The number of rotatable bonds is 8. The second kappa shape index (κ2) is 8.08. The smallest absolute Gasteiger partial charge is 0.0587 e. The summed E-state index contributed by atoms with van der Waals surface area (Å²) < 4.78 is 4.96. The van der Waals surface area contributed by atoms with Gasteiger partial charge in [-0.2, -0.15) is 0 Å². The van der Waals surface area contributed by atoms with Gasteiger partial charge >= 0.3 is 0 Å². The van der Waals surface area contributed by atoms with E-state index in [0.717, 1.165) is 38.1 Å². The van der Waals surface area contributed by atoms with Crippen LogP contribution in [-0.2, 0) is 4.74 Å². The van der Waals surface area contributed by atoms with Gasteiger partial charge in [0, 0.05) is 26.7 Å². The predicted molar refractivity (Wildman–Crippen MR) is 64.1 cm³/mol. The van der Waals surface area contributed by atoms with Crippen LogP contribution in [-0.4, -0.2) is 39.9 Å². The van der Waals surface area contributed by atoms with Gasteiger partial charge in [0.15, 0.2) is 0 Å². The molecule has 1 rings (SSSR count). The van der Waals surface area contributed by atoms with E-state index >= 15 is 0 Å². The summed E-state index contributed by atoms with van der Waals surface area (Å²) in [6.45, 7) is 7.47. The first-order chi connectivity index (χ1) is 7.34. The Morgan fingerprint density at radius 2 is 1.93 bits per heavy atom. The third kappa shape index (κ3) is 5.50. The second-order valence-electron chi connectivity index (χ2n) is 4.62. The molecule has 2 N–H and O–H groups in total. The maximum atomic E-state index is 4.96. The third-order valence-electron chi connectivity index (χ3n) is 3.41. The Balaban J connectivity index is 1.84. The molecular weight excluding hydrogens is 188 g/mol. The molecule has 0 bridgehead atoms. The average molecular weight is 214 g/mol. The van der Waals surface area contributed by atoms with Gasteiger partial charge in [-0.05, 0) is 24.8 Å². The van der Waals surface area contributed by atoms with Crippen molar-refractivity contribution in [3.05, 3.63) is 0 Å². The monoisotopic (exact) mass is 214 g/mol. The highest BCUT2D eigenvalue weighted by Gasteiger charge is 2.22. The van der Waals surface area contributed by atoms with Crippen LogP contribution in [0.2, 0.25) is 0 Å². The van der Waals surface area contributed by atoms with Gasteiger partial charge in [-0.3, -0.25) is 0 Å². The van der Waals surface area contributed by atoms with E-state index in [4.69, 9.17) is 4.74 Å². The Morgan fingerprint density at radius 1 is 1.13 bits per heavy atom. The van der Waals surface area contributed by atoms with E-state index in [9.17, 15) is 0 Å². The van der Waals surface area contributed by atoms with Crippen molar-refractivity contribution in [1.29, 1.82) is 0 Å². The highest BCUT2D eigenvalue weighted by Crippen LogP contribution is 2.30. The van der Waals surface area contributed by atoms with Crippen LogP contribution in [0.25, 0.3) is 0 Å². The van der Waals surface area contributed by atoms with Gasteiger partial charge in [-0.25, -0.2) is 0 Å². The molecule has 0 aliphatic heterocycles. The van der Waals surface area contributed by atoms with Gasteiger partial charge < -0.3 is 15.4 Å². The van der Waals surface area contributed by atoms with E-state index in [1.807, 2.05) is 0 Å². The summed E-state index contributed by atoms with van der Waals surface area (Å²) in [5.41, 5.74) is 0. The first-order valence-corrected chi connectivity index (χ1v) is 6.25. The summed E-state index contributed by atoms with van der Waals surface area (Å²) in [5, 5.41) is 6.87. The molecule has 0 heterocycles. The molecule has 2 atom stereocenters. The normalized spacial score (nSPS) is 26.0. The molecule has 1 fully saturated rings. The third-order valence-corrected chi connectivity index (χ3v) is 3.41. The Bertz CT molecular complexity index is 153. The lowest BCUT2D eigenvalue weighted by Gasteiger charge is -2.15. The van der Waals surface area contributed by atoms with Crippen molar-refractivity contribution in [2.45, 2.75) is 26.2 Å². The van der Waals surface area contributed by atoms with Crippen molar-refractivity contribution in [1.82, 2.24) is 10.6 Å². The largest absolute Gasteiger partial charge is 0.383 e. The van der Waals surface area contributed by atoms with Crippen LogP contribution in [0.3, 0.4) is 0 Å². The Labute approximate surface area is 94.0 Å². The fourth-order valence-electron chi connectivity index (χ4n) is 2.29. The molecular formula is C12H26N2O. The predicted octanol–water partition coefficient (Wildman–Crippen LogP) is 1.25. The van der Waals surface area contributed by atoms with Gasteiger partial charge in [0.1, 0.15) is 0 Å². The molecule has 2 unspecified atom stereocenters. The fourth-order valence-corrected chi connectivity index (χ4v) is 2.29. The average Bonchev–Trinajstić information content (AvgIpc) is 2.63. The van der Waals surface area contributed by atoms with Crippen LogP contribution in [0, 0.1) is 11.8 Å². The van der Waals surface area contributed by atoms with E-state index in [0.29, 0.717) is 0 Å². The van der Waals surface area contributed by atoms with Crippen LogP contribution < -0.4 is 10.6 Å². The zero-order chi connectivity index (χ0) is 10.9. The van der Waals surface area contributed by atoms with Crippen molar-refractivity contribution in [3.8, 4) is 0 Å². The van der Waals surface area contributed by atoms with Crippen molar-refractivity contribution >= 4 is 0 Å². The molecule has 90 valence electrons. The minimum Gasteiger partial charge on any atom is -0.383 e. The Morgan fingerprint density at radius 3 is 2.60 bits per heavy atom. The topological polar surface area (TPSA) is 33.3 Å². The Hall–Kier alpha value is -0.120. The lowest BCUT2D eigenvalue weighted by atomic mass is 9.98. The molecule has 3 nitrogen and oxygen atoms in total. The first kappa shape index (κ1) is 12.9. The molecule has 3 heteroatoms.